The lowest BCUT2D eigenvalue weighted by Gasteiger charge is -2.19. The second kappa shape index (κ2) is 2.91. The normalized spacial score (nSPS) is 41.4. The maximum absolute atomic E-state index is 5.73. The Labute approximate surface area is 75.9 Å². The highest BCUT2D eigenvalue weighted by atomic mass is 79.9. The first-order valence-corrected chi connectivity index (χ1v) is 5.32. The molecule has 0 aromatic rings. The summed E-state index contributed by atoms with van der Waals surface area (Å²) in [5, 5.41) is 0.935. The Hall–Kier alpha value is 0.180. The first-order chi connectivity index (χ1) is 5.31. The van der Waals surface area contributed by atoms with Crippen LogP contribution in [-0.2, 0) is 4.74 Å². The molecule has 2 heterocycles. The molecule has 2 saturated heterocycles. The Kier molecular flexibility index (Phi) is 2.06. The van der Waals surface area contributed by atoms with Crippen LogP contribution < -0.4 is 0 Å². The molecule has 2 fully saturated rings. The molecule has 62 valence electrons. The number of hydrogen-bond donors (Lipinski definition) is 0. The number of rotatable bonds is 2. The van der Waals surface area contributed by atoms with Crippen molar-refractivity contribution >= 4 is 15.9 Å². The Morgan fingerprint density at radius 3 is 2.82 bits per heavy atom. The molecule has 3 unspecified atom stereocenters. The van der Waals surface area contributed by atoms with Crippen molar-refractivity contribution < 1.29 is 4.74 Å². The Morgan fingerprint density at radius 1 is 1.55 bits per heavy atom. The summed E-state index contributed by atoms with van der Waals surface area (Å²) in [6.45, 7) is 4.05. The standard InChI is InChI=1S/C9H13BrO/c1-6(5-10)8-4-7-2-3-9(8)11-7/h7-9H,1-5H2. The average Bonchev–Trinajstić information content (AvgIpc) is 2.62. The number of hydrogen-bond acceptors (Lipinski definition) is 1. The number of alkyl halides is 1. The molecule has 0 aliphatic carbocycles. The quantitative estimate of drug-likeness (QED) is 0.510. The van der Waals surface area contributed by atoms with E-state index in [4.69, 9.17) is 4.74 Å². The van der Waals surface area contributed by atoms with Gasteiger partial charge < -0.3 is 4.74 Å². The van der Waals surface area contributed by atoms with Crippen molar-refractivity contribution in [2.75, 3.05) is 5.33 Å². The molecule has 2 bridgehead atoms. The van der Waals surface area contributed by atoms with Crippen molar-refractivity contribution in [2.45, 2.75) is 31.5 Å². The van der Waals surface area contributed by atoms with Gasteiger partial charge in [0.1, 0.15) is 0 Å². The zero-order valence-corrected chi connectivity index (χ0v) is 8.14. The van der Waals surface area contributed by atoms with Gasteiger partial charge in [0.15, 0.2) is 0 Å². The van der Waals surface area contributed by atoms with Gasteiger partial charge in [-0.25, -0.2) is 0 Å². The molecule has 0 amide bonds. The Balaban J connectivity index is 2.02. The van der Waals surface area contributed by atoms with Crippen molar-refractivity contribution in [2.24, 2.45) is 5.92 Å². The second-order valence-electron chi connectivity index (χ2n) is 3.51. The summed E-state index contributed by atoms with van der Waals surface area (Å²) in [6, 6.07) is 0. The Morgan fingerprint density at radius 2 is 2.36 bits per heavy atom. The van der Waals surface area contributed by atoms with Gasteiger partial charge in [0.25, 0.3) is 0 Å². The molecule has 0 spiro atoms. The molecule has 2 heteroatoms. The van der Waals surface area contributed by atoms with E-state index >= 15 is 0 Å². The van der Waals surface area contributed by atoms with E-state index in [9.17, 15) is 0 Å². The largest absolute Gasteiger partial charge is 0.374 e. The second-order valence-corrected chi connectivity index (χ2v) is 4.07. The third-order valence-corrected chi connectivity index (χ3v) is 3.52. The van der Waals surface area contributed by atoms with E-state index in [1.165, 1.54) is 24.8 Å². The van der Waals surface area contributed by atoms with Crippen LogP contribution in [0.25, 0.3) is 0 Å². The van der Waals surface area contributed by atoms with E-state index in [1.54, 1.807) is 0 Å². The van der Waals surface area contributed by atoms with Gasteiger partial charge in [0.05, 0.1) is 12.2 Å². The van der Waals surface area contributed by atoms with Crippen LogP contribution in [0.1, 0.15) is 19.3 Å². The zero-order chi connectivity index (χ0) is 7.84. The fourth-order valence-corrected chi connectivity index (χ4v) is 2.58. The molecule has 0 saturated carbocycles. The van der Waals surface area contributed by atoms with Gasteiger partial charge in [-0.3, -0.25) is 0 Å². The van der Waals surface area contributed by atoms with Crippen LogP contribution in [0.15, 0.2) is 12.2 Å². The van der Waals surface area contributed by atoms with Crippen molar-refractivity contribution in [3.8, 4) is 0 Å². The van der Waals surface area contributed by atoms with Crippen LogP contribution in [0.5, 0.6) is 0 Å². The summed E-state index contributed by atoms with van der Waals surface area (Å²) in [4.78, 5) is 0. The number of halogens is 1. The van der Waals surface area contributed by atoms with Crippen molar-refractivity contribution in [3.05, 3.63) is 12.2 Å². The zero-order valence-electron chi connectivity index (χ0n) is 6.55. The molecule has 3 atom stereocenters. The molecular weight excluding hydrogens is 204 g/mol. The summed E-state index contributed by atoms with van der Waals surface area (Å²) < 4.78 is 5.73. The van der Waals surface area contributed by atoms with Crippen molar-refractivity contribution in [3.63, 3.8) is 0 Å². The Bertz CT molecular complexity index is 178. The van der Waals surface area contributed by atoms with Crippen molar-refractivity contribution in [1.29, 1.82) is 0 Å². The first-order valence-electron chi connectivity index (χ1n) is 4.20. The number of fused-ring (bicyclic) bond motifs is 2. The minimum absolute atomic E-state index is 0.505. The van der Waals surface area contributed by atoms with Crippen LogP contribution in [0.2, 0.25) is 0 Å². The molecule has 0 radical (unpaired) electrons. The van der Waals surface area contributed by atoms with Gasteiger partial charge in [-0.1, -0.05) is 28.1 Å². The topological polar surface area (TPSA) is 9.23 Å². The van der Waals surface area contributed by atoms with Crippen LogP contribution >= 0.6 is 15.9 Å². The van der Waals surface area contributed by atoms with E-state index in [0.29, 0.717) is 18.1 Å². The first kappa shape index (κ1) is 7.81. The maximum atomic E-state index is 5.73. The van der Waals surface area contributed by atoms with Crippen LogP contribution in [0, 0.1) is 5.92 Å². The molecule has 11 heavy (non-hydrogen) atoms. The van der Waals surface area contributed by atoms with Gasteiger partial charge in [0, 0.05) is 11.2 Å². The fraction of sp³-hybridized carbons (Fsp3) is 0.778. The molecule has 2 aliphatic rings. The minimum Gasteiger partial charge on any atom is -0.374 e. The highest BCUT2D eigenvalue weighted by Gasteiger charge is 2.41. The van der Waals surface area contributed by atoms with E-state index in [2.05, 4.69) is 22.5 Å². The van der Waals surface area contributed by atoms with Gasteiger partial charge in [-0.2, -0.15) is 0 Å². The molecule has 1 nitrogen and oxygen atoms in total. The monoisotopic (exact) mass is 216 g/mol. The summed E-state index contributed by atoms with van der Waals surface area (Å²) >= 11 is 3.44. The molecule has 2 rings (SSSR count). The average molecular weight is 217 g/mol. The van der Waals surface area contributed by atoms with Crippen LogP contribution in [0.4, 0.5) is 0 Å². The predicted octanol–water partition coefficient (Wildman–Crippen LogP) is 2.51. The molecule has 0 N–H and O–H groups in total. The van der Waals surface area contributed by atoms with Gasteiger partial charge in [-0.15, -0.1) is 0 Å². The van der Waals surface area contributed by atoms with Gasteiger partial charge in [0.2, 0.25) is 0 Å². The minimum atomic E-state index is 0.505. The number of ether oxygens (including phenoxy) is 1. The lowest BCUT2D eigenvalue weighted by molar-refractivity contribution is 0.0969. The van der Waals surface area contributed by atoms with E-state index in [1.807, 2.05) is 0 Å². The molecule has 0 aromatic carbocycles. The van der Waals surface area contributed by atoms with Crippen LogP contribution in [0.3, 0.4) is 0 Å². The van der Waals surface area contributed by atoms with E-state index < -0.39 is 0 Å². The summed E-state index contributed by atoms with van der Waals surface area (Å²) in [7, 11) is 0. The molecule has 0 aromatic heterocycles. The predicted molar refractivity (Wildman–Crippen MR) is 48.9 cm³/mol. The highest BCUT2D eigenvalue weighted by molar-refractivity contribution is 9.09. The smallest absolute Gasteiger partial charge is 0.0646 e. The highest BCUT2D eigenvalue weighted by Crippen LogP contribution is 2.42. The summed E-state index contributed by atoms with van der Waals surface area (Å²) in [6.07, 6.45) is 4.80. The fourth-order valence-electron chi connectivity index (χ4n) is 2.17. The molecule has 2 aliphatic heterocycles. The van der Waals surface area contributed by atoms with Crippen LogP contribution in [-0.4, -0.2) is 17.5 Å². The van der Waals surface area contributed by atoms with E-state index in [0.717, 1.165) is 5.33 Å². The van der Waals surface area contributed by atoms with Gasteiger partial charge in [-0.05, 0) is 19.3 Å². The molecular formula is C9H13BrO. The summed E-state index contributed by atoms with van der Waals surface area (Å²) in [5.41, 5.74) is 1.32. The third-order valence-electron chi connectivity index (χ3n) is 2.80. The SMILES string of the molecule is C=C(CBr)C1CC2CCC1O2. The van der Waals surface area contributed by atoms with Gasteiger partial charge >= 0.3 is 0 Å². The van der Waals surface area contributed by atoms with E-state index in [-0.39, 0.29) is 0 Å². The van der Waals surface area contributed by atoms with Crippen molar-refractivity contribution in [1.82, 2.24) is 0 Å². The lowest BCUT2D eigenvalue weighted by atomic mass is 9.85. The summed E-state index contributed by atoms with van der Waals surface area (Å²) in [5.74, 6) is 0.646. The lowest BCUT2D eigenvalue weighted by Crippen LogP contribution is -2.18. The maximum Gasteiger partial charge on any atom is 0.0646 e. The third kappa shape index (κ3) is 1.27.